The van der Waals surface area contributed by atoms with E-state index in [0.717, 1.165) is 67.2 Å². The van der Waals surface area contributed by atoms with Crippen LogP contribution in [-0.2, 0) is 6.18 Å². The SMILES string of the molecule is Cc1c(OCCCCBr)ccc([C@@H]2CCC[C@H]3CN(C(=O)c4cnccc4C(F)(F)F)CCN32)c1C. The van der Waals surface area contributed by atoms with Crippen molar-refractivity contribution in [3.8, 4) is 5.75 Å². The molecule has 2 fully saturated rings. The van der Waals surface area contributed by atoms with Gasteiger partial charge < -0.3 is 9.64 Å². The Labute approximate surface area is 219 Å². The van der Waals surface area contributed by atoms with Crippen LogP contribution in [0.1, 0.15) is 70.8 Å². The maximum Gasteiger partial charge on any atom is 0.417 e. The van der Waals surface area contributed by atoms with Crippen LogP contribution in [0.2, 0.25) is 0 Å². The lowest BCUT2D eigenvalue weighted by molar-refractivity contribution is -0.138. The number of piperidine rings is 1. The van der Waals surface area contributed by atoms with E-state index in [4.69, 9.17) is 4.74 Å². The number of benzene rings is 1. The second-order valence-corrected chi connectivity index (χ2v) is 10.4. The molecule has 5 nitrogen and oxygen atoms in total. The lowest BCUT2D eigenvalue weighted by atomic mass is 9.86. The Morgan fingerprint density at radius 1 is 1.14 bits per heavy atom. The topological polar surface area (TPSA) is 45.7 Å². The summed E-state index contributed by atoms with van der Waals surface area (Å²) in [5.41, 5.74) is 2.35. The van der Waals surface area contributed by atoms with Gasteiger partial charge in [-0.15, -0.1) is 0 Å². The van der Waals surface area contributed by atoms with Crippen molar-refractivity contribution in [1.82, 2.24) is 14.8 Å². The molecule has 0 saturated carbocycles. The van der Waals surface area contributed by atoms with E-state index in [2.05, 4.69) is 51.8 Å². The highest BCUT2D eigenvalue weighted by molar-refractivity contribution is 9.09. The highest BCUT2D eigenvalue weighted by Crippen LogP contribution is 2.40. The van der Waals surface area contributed by atoms with Gasteiger partial charge in [-0.05, 0) is 74.8 Å². The van der Waals surface area contributed by atoms with Crippen molar-refractivity contribution in [3.63, 3.8) is 0 Å². The Kier molecular flexibility index (Phi) is 8.60. The first-order valence-electron chi connectivity index (χ1n) is 12.6. The zero-order valence-corrected chi connectivity index (χ0v) is 22.4. The molecule has 2 saturated heterocycles. The van der Waals surface area contributed by atoms with Gasteiger partial charge in [0.05, 0.1) is 17.7 Å². The van der Waals surface area contributed by atoms with Crippen molar-refractivity contribution < 1.29 is 22.7 Å². The summed E-state index contributed by atoms with van der Waals surface area (Å²) in [6, 6.07) is 5.45. The summed E-state index contributed by atoms with van der Waals surface area (Å²) < 4.78 is 46.4. The molecular weight excluding hydrogens is 535 g/mol. The minimum atomic E-state index is -4.59. The van der Waals surface area contributed by atoms with Gasteiger partial charge in [0.15, 0.2) is 0 Å². The maximum absolute atomic E-state index is 13.5. The van der Waals surface area contributed by atoms with Gasteiger partial charge in [-0.3, -0.25) is 14.7 Å². The Morgan fingerprint density at radius 2 is 1.94 bits per heavy atom. The quantitative estimate of drug-likeness (QED) is 0.290. The third kappa shape index (κ3) is 5.72. The zero-order valence-electron chi connectivity index (χ0n) is 20.8. The fraction of sp³-hybridized carbons (Fsp3) is 0.556. The number of hydrogen-bond acceptors (Lipinski definition) is 4. The van der Waals surface area contributed by atoms with Crippen LogP contribution in [0.5, 0.6) is 5.75 Å². The average molecular weight is 568 g/mol. The Morgan fingerprint density at radius 3 is 2.69 bits per heavy atom. The number of hydrogen-bond donors (Lipinski definition) is 0. The minimum absolute atomic E-state index is 0.118. The predicted octanol–water partition coefficient (Wildman–Crippen LogP) is 6.32. The van der Waals surface area contributed by atoms with E-state index in [1.807, 2.05) is 0 Å². The standard InChI is InChI=1S/C27H33BrF3N3O2/c1-18-19(2)25(36-15-4-3-11-28)9-8-21(18)24-7-5-6-20-17-33(13-14-34(20)24)26(35)22-16-32-12-10-23(22)27(29,30)31/h8-10,12,16,20,24H,3-7,11,13-15,17H2,1-2H3/t20-,24-/m0/s1. The first-order chi connectivity index (χ1) is 17.2. The summed E-state index contributed by atoms with van der Waals surface area (Å²) >= 11 is 3.45. The first-order valence-corrected chi connectivity index (χ1v) is 13.7. The van der Waals surface area contributed by atoms with Crippen LogP contribution in [0.4, 0.5) is 13.2 Å². The molecule has 36 heavy (non-hydrogen) atoms. The number of halogens is 4. The fourth-order valence-corrected chi connectivity index (χ4v) is 5.86. The molecule has 9 heteroatoms. The van der Waals surface area contributed by atoms with E-state index in [0.29, 0.717) is 26.2 Å². The number of carbonyl (C=O) groups is 1. The highest BCUT2D eigenvalue weighted by Gasteiger charge is 2.40. The number of amides is 1. The Balaban J connectivity index is 1.48. The molecule has 1 aromatic heterocycles. The number of carbonyl (C=O) groups excluding carboxylic acids is 1. The summed E-state index contributed by atoms with van der Waals surface area (Å²) in [6.07, 6.45) is 2.56. The second kappa shape index (κ2) is 11.5. The molecule has 0 aliphatic carbocycles. The predicted molar refractivity (Wildman–Crippen MR) is 137 cm³/mol. The van der Waals surface area contributed by atoms with Crippen molar-refractivity contribution in [2.45, 2.75) is 64.2 Å². The lowest BCUT2D eigenvalue weighted by Crippen LogP contribution is -2.57. The third-order valence-electron chi connectivity index (χ3n) is 7.51. The van der Waals surface area contributed by atoms with Crippen LogP contribution in [0.15, 0.2) is 30.6 Å². The number of ether oxygens (including phenoxy) is 1. The van der Waals surface area contributed by atoms with Crippen molar-refractivity contribution in [2.75, 3.05) is 31.6 Å². The number of nitrogens with zero attached hydrogens (tertiary/aromatic N) is 3. The van der Waals surface area contributed by atoms with Gasteiger partial charge in [0.1, 0.15) is 5.75 Å². The van der Waals surface area contributed by atoms with Crippen LogP contribution in [0.25, 0.3) is 0 Å². The molecule has 1 aromatic carbocycles. The summed E-state index contributed by atoms with van der Waals surface area (Å²) in [5.74, 6) is 0.330. The van der Waals surface area contributed by atoms with E-state index in [9.17, 15) is 18.0 Å². The van der Waals surface area contributed by atoms with E-state index < -0.39 is 17.6 Å². The summed E-state index contributed by atoms with van der Waals surface area (Å²) in [5, 5.41) is 0.973. The minimum Gasteiger partial charge on any atom is -0.493 e. The number of pyridine rings is 1. The number of alkyl halides is 4. The molecule has 2 aromatic rings. The second-order valence-electron chi connectivity index (χ2n) is 9.66. The third-order valence-corrected chi connectivity index (χ3v) is 8.07. The molecule has 2 aliphatic heterocycles. The molecule has 0 unspecified atom stereocenters. The zero-order chi connectivity index (χ0) is 25.9. The number of piperazine rings is 1. The van der Waals surface area contributed by atoms with Gasteiger partial charge in [-0.1, -0.05) is 22.0 Å². The summed E-state index contributed by atoms with van der Waals surface area (Å²) in [6.45, 7) is 6.38. The molecule has 0 bridgehead atoms. The van der Waals surface area contributed by atoms with Crippen LogP contribution < -0.4 is 4.74 Å². The molecule has 0 spiro atoms. The van der Waals surface area contributed by atoms with Crippen LogP contribution in [0, 0.1) is 13.8 Å². The first kappa shape index (κ1) is 26.9. The molecule has 196 valence electrons. The normalized spacial score (nSPS) is 20.8. The van der Waals surface area contributed by atoms with Gasteiger partial charge in [-0.2, -0.15) is 13.2 Å². The lowest BCUT2D eigenvalue weighted by Gasteiger charge is -2.49. The summed E-state index contributed by atoms with van der Waals surface area (Å²) in [7, 11) is 0. The van der Waals surface area contributed by atoms with Crippen LogP contribution in [-0.4, -0.2) is 58.3 Å². The number of fused-ring (bicyclic) bond motifs is 1. The van der Waals surface area contributed by atoms with Crippen molar-refractivity contribution in [3.05, 3.63) is 58.4 Å². The van der Waals surface area contributed by atoms with Crippen molar-refractivity contribution in [2.24, 2.45) is 0 Å². The fourth-order valence-electron chi connectivity index (χ4n) is 5.46. The van der Waals surface area contributed by atoms with E-state index in [1.165, 1.54) is 11.1 Å². The number of rotatable bonds is 7. The average Bonchev–Trinajstić information content (AvgIpc) is 2.87. The van der Waals surface area contributed by atoms with Gasteiger partial charge in [0.25, 0.3) is 5.91 Å². The van der Waals surface area contributed by atoms with Gasteiger partial charge in [-0.25, -0.2) is 0 Å². The van der Waals surface area contributed by atoms with Crippen LogP contribution >= 0.6 is 15.9 Å². The number of aromatic nitrogens is 1. The van der Waals surface area contributed by atoms with Gasteiger partial charge in [0.2, 0.25) is 0 Å². The molecule has 4 rings (SSSR count). The largest absolute Gasteiger partial charge is 0.493 e. The Bertz CT molecular complexity index is 1080. The molecule has 0 radical (unpaired) electrons. The van der Waals surface area contributed by atoms with Crippen molar-refractivity contribution >= 4 is 21.8 Å². The van der Waals surface area contributed by atoms with Crippen LogP contribution in [0.3, 0.4) is 0 Å². The van der Waals surface area contributed by atoms with Crippen molar-refractivity contribution in [1.29, 1.82) is 0 Å². The molecule has 1 amide bonds. The molecule has 2 atom stereocenters. The summed E-state index contributed by atoms with van der Waals surface area (Å²) in [4.78, 5) is 20.9. The monoisotopic (exact) mass is 567 g/mol. The van der Waals surface area contributed by atoms with E-state index >= 15 is 0 Å². The van der Waals surface area contributed by atoms with E-state index in [-0.39, 0.29) is 17.6 Å². The van der Waals surface area contributed by atoms with Gasteiger partial charge in [0, 0.05) is 49.4 Å². The molecule has 3 heterocycles. The Hall–Kier alpha value is -2.13. The smallest absolute Gasteiger partial charge is 0.417 e. The molecule has 0 N–H and O–H groups in total. The number of unbranched alkanes of at least 4 members (excludes halogenated alkanes) is 1. The van der Waals surface area contributed by atoms with Gasteiger partial charge >= 0.3 is 6.18 Å². The molecule has 2 aliphatic rings. The molecular formula is C27H33BrF3N3O2. The van der Waals surface area contributed by atoms with E-state index in [1.54, 1.807) is 4.90 Å². The maximum atomic E-state index is 13.5. The highest BCUT2D eigenvalue weighted by atomic mass is 79.9.